The summed E-state index contributed by atoms with van der Waals surface area (Å²) in [5.41, 5.74) is 1.16. The van der Waals surface area contributed by atoms with E-state index in [2.05, 4.69) is 26.2 Å². The van der Waals surface area contributed by atoms with Gasteiger partial charge in [0, 0.05) is 40.0 Å². The molecule has 1 unspecified atom stereocenters. The van der Waals surface area contributed by atoms with Crippen molar-refractivity contribution in [3.8, 4) is 0 Å². The lowest BCUT2D eigenvalue weighted by Gasteiger charge is -2.06. The molecule has 1 rings (SSSR count). The quantitative estimate of drug-likeness (QED) is 0.847. The molecule has 1 heterocycles. The molecule has 0 bridgehead atoms. The van der Waals surface area contributed by atoms with E-state index in [9.17, 15) is 4.21 Å². The first-order valence-corrected chi connectivity index (χ1v) is 7.27. The Morgan fingerprint density at radius 1 is 1.60 bits per heavy atom. The Labute approximate surface area is 101 Å². The summed E-state index contributed by atoms with van der Waals surface area (Å²) < 4.78 is 11.8. The van der Waals surface area contributed by atoms with E-state index in [4.69, 9.17) is 0 Å². The molecule has 0 fully saturated rings. The average Bonchev–Trinajstić information content (AvgIpc) is 2.18. The Morgan fingerprint density at radius 2 is 2.33 bits per heavy atom. The summed E-state index contributed by atoms with van der Waals surface area (Å²) in [6, 6.07) is 1.99. The van der Waals surface area contributed by atoms with Crippen molar-refractivity contribution in [3.05, 3.63) is 22.3 Å². The number of aryl methyl sites for hydroxylation is 1. The molecule has 1 aromatic rings. The third-order valence-corrected chi connectivity index (χ3v) is 3.66. The molecule has 0 radical (unpaired) electrons. The molecule has 0 aromatic carbocycles. The van der Waals surface area contributed by atoms with Crippen molar-refractivity contribution in [2.75, 3.05) is 23.9 Å². The highest BCUT2D eigenvalue weighted by Crippen LogP contribution is 2.16. The molecule has 0 saturated heterocycles. The van der Waals surface area contributed by atoms with Gasteiger partial charge in [-0.1, -0.05) is 0 Å². The zero-order valence-corrected chi connectivity index (χ0v) is 11.3. The van der Waals surface area contributed by atoms with E-state index in [-0.39, 0.29) is 0 Å². The van der Waals surface area contributed by atoms with Crippen LogP contribution >= 0.6 is 15.9 Å². The minimum absolute atomic E-state index is 0.699. The summed E-state index contributed by atoms with van der Waals surface area (Å²) in [4.78, 5) is 4.22. The highest BCUT2D eigenvalue weighted by molar-refractivity contribution is 9.10. The number of hydrogen-bond donors (Lipinski definition) is 1. The predicted molar refractivity (Wildman–Crippen MR) is 68.7 cm³/mol. The monoisotopic (exact) mass is 290 g/mol. The van der Waals surface area contributed by atoms with Crippen molar-refractivity contribution in [3.63, 3.8) is 0 Å². The van der Waals surface area contributed by atoms with E-state index in [0.717, 1.165) is 34.6 Å². The maximum Gasteiger partial charge on any atom is 0.126 e. The van der Waals surface area contributed by atoms with Crippen molar-refractivity contribution in [2.24, 2.45) is 0 Å². The second kappa shape index (κ2) is 6.23. The summed E-state index contributed by atoms with van der Waals surface area (Å²) in [7, 11) is -0.699. The molecule has 0 saturated carbocycles. The zero-order valence-electron chi connectivity index (χ0n) is 8.92. The van der Waals surface area contributed by atoms with Gasteiger partial charge in [-0.05, 0) is 40.9 Å². The summed E-state index contributed by atoms with van der Waals surface area (Å²) in [6.45, 7) is 2.84. The van der Waals surface area contributed by atoms with Crippen LogP contribution in [0.2, 0.25) is 0 Å². The lowest BCUT2D eigenvalue weighted by atomic mass is 10.3. The second-order valence-electron chi connectivity index (χ2n) is 3.38. The van der Waals surface area contributed by atoms with Crippen molar-refractivity contribution >= 4 is 32.5 Å². The fourth-order valence-corrected chi connectivity index (χ4v) is 1.90. The van der Waals surface area contributed by atoms with Crippen LogP contribution in [-0.4, -0.2) is 27.7 Å². The van der Waals surface area contributed by atoms with E-state index in [1.807, 2.05) is 13.0 Å². The van der Waals surface area contributed by atoms with Gasteiger partial charge in [-0.2, -0.15) is 0 Å². The van der Waals surface area contributed by atoms with Crippen LogP contribution in [0, 0.1) is 6.92 Å². The molecule has 0 spiro atoms. The lowest BCUT2D eigenvalue weighted by molar-refractivity contribution is 0.685. The van der Waals surface area contributed by atoms with Crippen LogP contribution in [0.4, 0.5) is 5.82 Å². The minimum Gasteiger partial charge on any atom is -0.370 e. The van der Waals surface area contributed by atoms with Crippen LogP contribution in [0.1, 0.15) is 12.0 Å². The van der Waals surface area contributed by atoms with Gasteiger partial charge in [0.05, 0.1) is 0 Å². The predicted octanol–water partition coefficient (Wildman–Crippen LogP) is 2.33. The summed E-state index contributed by atoms with van der Waals surface area (Å²) in [5.74, 6) is 1.61. The highest BCUT2D eigenvalue weighted by atomic mass is 79.9. The molecule has 1 atom stereocenters. The summed E-state index contributed by atoms with van der Waals surface area (Å²) in [5, 5.41) is 3.20. The first-order chi connectivity index (χ1) is 7.09. The molecule has 1 aromatic heterocycles. The largest absolute Gasteiger partial charge is 0.370 e. The summed E-state index contributed by atoms with van der Waals surface area (Å²) in [6.07, 6.45) is 4.41. The van der Waals surface area contributed by atoms with Gasteiger partial charge < -0.3 is 5.32 Å². The standard InChI is InChI=1S/C10H15BrN2OS/c1-8-6-10(13-7-9(8)11)12-4-3-5-15(2)14/h6-7H,3-5H2,1-2H3,(H,12,13). The van der Waals surface area contributed by atoms with Gasteiger partial charge in [-0.15, -0.1) is 0 Å². The van der Waals surface area contributed by atoms with Crippen LogP contribution in [0.15, 0.2) is 16.7 Å². The second-order valence-corrected chi connectivity index (χ2v) is 5.79. The summed E-state index contributed by atoms with van der Waals surface area (Å²) >= 11 is 3.40. The Balaban J connectivity index is 2.38. The van der Waals surface area contributed by atoms with Gasteiger partial charge in [0.15, 0.2) is 0 Å². The van der Waals surface area contributed by atoms with Crippen molar-refractivity contribution in [1.29, 1.82) is 0 Å². The molecular weight excluding hydrogens is 276 g/mol. The maximum absolute atomic E-state index is 10.8. The molecule has 3 nitrogen and oxygen atoms in total. The SMILES string of the molecule is Cc1cc(NCCCS(C)=O)ncc1Br. The molecule has 0 aliphatic rings. The third-order valence-electron chi connectivity index (χ3n) is 1.96. The fourth-order valence-electron chi connectivity index (χ4n) is 1.13. The first-order valence-electron chi connectivity index (χ1n) is 4.75. The minimum atomic E-state index is -0.699. The average molecular weight is 291 g/mol. The van der Waals surface area contributed by atoms with Crippen LogP contribution in [-0.2, 0) is 10.8 Å². The van der Waals surface area contributed by atoms with Crippen molar-refractivity contribution < 1.29 is 4.21 Å². The Morgan fingerprint density at radius 3 is 2.93 bits per heavy atom. The highest BCUT2D eigenvalue weighted by Gasteiger charge is 1.98. The van der Waals surface area contributed by atoms with Crippen LogP contribution < -0.4 is 5.32 Å². The number of nitrogens with zero attached hydrogens (tertiary/aromatic N) is 1. The van der Waals surface area contributed by atoms with E-state index in [0.29, 0.717) is 0 Å². The number of aromatic nitrogens is 1. The maximum atomic E-state index is 10.8. The van der Waals surface area contributed by atoms with Crippen LogP contribution in [0.3, 0.4) is 0 Å². The number of anilines is 1. The number of rotatable bonds is 5. The molecule has 15 heavy (non-hydrogen) atoms. The van der Waals surface area contributed by atoms with E-state index >= 15 is 0 Å². The number of pyridine rings is 1. The van der Waals surface area contributed by atoms with E-state index in [1.54, 1.807) is 12.5 Å². The molecular formula is C10H15BrN2OS. The van der Waals surface area contributed by atoms with Crippen LogP contribution in [0.25, 0.3) is 0 Å². The number of nitrogens with one attached hydrogen (secondary N) is 1. The van der Waals surface area contributed by atoms with E-state index < -0.39 is 10.8 Å². The van der Waals surface area contributed by atoms with Gasteiger partial charge in [0.1, 0.15) is 5.82 Å². The van der Waals surface area contributed by atoms with E-state index in [1.165, 1.54) is 0 Å². The molecule has 0 aliphatic heterocycles. The fraction of sp³-hybridized carbons (Fsp3) is 0.500. The van der Waals surface area contributed by atoms with Gasteiger partial charge >= 0.3 is 0 Å². The Bertz CT molecular complexity index is 357. The van der Waals surface area contributed by atoms with Crippen molar-refractivity contribution in [2.45, 2.75) is 13.3 Å². The molecule has 5 heteroatoms. The third kappa shape index (κ3) is 4.75. The Kier molecular flexibility index (Phi) is 5.25. The topological polar surface area (TPSA) is 42.0 Å². The molecule has 0 aliphatic carbocycles. The van der Waals surface area contributed by atoms with Crippen LogP contribution in [0.5, 0.6) is 0 Å². The van der Waals surface area contributed by atoms with Gasteiger partial charge in [-0.25, -0.2) is 4.98 Å². The normalized spacial score (nSPS) is 12.5. The van der Waals surface area contributed by atoms with Gasteiger partial charge in [-0.3, -0.25) is 4.21 Å². The van der Waals surface area contributed by atoms with Gasteiger partial charge in [0.25, 0.3) is 0 Å². The molecule has 0 amide bonds. The smallest absolute Gasteiger partial charge is 0.126 e. The number of hydrogen-bond acceptors (Lipinski definition) is 3. The Hall–Kier alpha value is -0.420. The van der Waals surface area contributed by atoms with Crippen molar-refractivity contribution in [1.82, 2.24) is 4.98 Å². The first kappa shape index (κ1) is 12.6. The molecule has 1 N–H and O–H groups in total. The molecule has 84 valence electrons. The lowest BCUT2D eigenvalue weighted by Crippen LogP contribution is -2.07. The zero-order chi connectivity index (χ0) is 11.3. The van der Waals surface area contributed by atoms with Gasteiger partial charge in [0.2, 0.25) is 0 Å². The number of halogens is 1.